The maximum absolute atomic E-state index is 11.8. The van der Waals surface area contributed by atoms with Gasteiger partial charge in [-0.15, -0.1) is 0 Å². The number of anilines is 1. The first-order valence-electron chi connectivity index (χ1n) is 7.18. The van der Waals surface area contributed by atoms with Gasteiger partial charge in [0.05, 0.1) is 18.2 Å². The fourth-order valence-electron chi connectivity index (χ4n) is 2.27. The lowest BCUT2D eigenvalue weighted by Gasteiger charge is -2.19. The third-order valence-corrected chi connectivity index (χ3v) is 3.47. The number of benzene rings is 1. The Hall–Kier alpha value is -2.74. The number of nitrogens with one attached hydrogen (secondary N) is 2. The summed E-state index contributed by atoms with van der Waals surface area (Å²) in [6, 6.07) is 6.01. The lowest BCUT2D eigenvalue weighted by Crippen LogP contribution is -2.39. The molecule has 23 heavy (non-hydrogen) atoms. The number of amides is 3. The molecule has 6 N–H and O–H groups in total. The summed E-state index contributed by atoms with van der Waals surface area (Å²) in [5.41, 5.74) is 15.2. The average Bonchev–Trinajstić information content (AvgIpc) is 2.47. The number of hydrogen-bond acceptors (Lipinski definition) is 5. The molecule has 1 aliphatic rings. The van der Waals surface area contributed by atoms with Gasteiger partial charge in [-0.05, 0) is 17.7 Å². The molecule has 122 valence electrons. The number of nitrogens with zero attached hydrogens (tertiary/aromatic N) is 1. The van der Waals surface area contributed by atoms with Gasteiger partial charge < -0.3 is 16.8 Å². The van der Waals surface area contributed by atoms with E-state index < -0.39 is 17.9 Å². The summed E-state index contributed by atoms with van der Waals surface area (Å²) in [6.45, 7) is 1.93. The van der Waals surface area contributed by atoms with Crippen molar-refractivity contribution < 1.29 is 14.4 Å². The van der Waals surface area contributed by atoms with Crippen molar-refractivity contribution in [2.24, 2.45) is 22.5 Å². The van der Waals surface area contributed by atoms with E-state index in [-0.39, 0.29) is 18.2 Å². The molecule has 8 heteroatoms. The van der Waals surface area contributed by atoms with Crippen molar-refractivity contribution in [2.45, 2.75) is 25.8 Å². The zero-order valence-corrected chi connectivity index (χ0v) is 12.7. The van der Waals surface area contributed by atoms with Crippen LogP contribution in [0.1, 0.15) is 25.3 Å². The Bertz CT molecular complexity index is 654. The van der Waals surface area contributed by atoms with E-state index >= 15 is 0 Å². The predicted molar refractivity (Wildman–Crippen MR) is 85.3 cm³/mol. The molecule has 3 amide bonds. The van der Waals surface area contributed by atoms with Crippen LogP contribution < -0.4 is 22.2 Å². The maximum Gasteiger partial charge on any atom is 0.241 e. The molecule has 1 aliphatic heterocycles. The van der Waals surface area contributed by atoms with Crippen LogP contribution in [0.2, 0.25) is 0 Å². The van der Waals surface area contributed by atoms with Crippen LogP contribution in [0.5, 0.6) is 0 Å². The number of rotatable bonds is 5. The second kappa shape index (κ2) is 7.01. The molecule has 2 rings (SSSR count). The van der Waals surface area contributed by atoms with Crippen LogP contribution in [0.3, 0.4) is 0 Å². The largest absolute Gasteiger partial charge is 0.370 e. The minimum absolute atomic E-state index is 0.0215. The molecule has 1 aromatic rings. The lowest BCUT2D eigenvalue weighted by molar-refractivity contribution is -0.123. The van der Waals surface area contributed by atoms with Gasteiger partial charge in [-0.25, -0.2) is 5.43 Å². The quantitative estimate of drug-likeness (QED) is 0.591. The minimum atomic E-state index is -0.981. The van der Waals surface area contributed by atoms with Gasteiger partial charge in [0.25, 0.3) is 0 Å². The summed E-state index contributed by atoms with van der Waals surface area (Å²) in [6.07, 6.45) is 0.178. The van der Waals surface area contributed by atoms with E-state index in [0.717, 1.165) is 11.3 Å². The molecule has 0 fully saturated rings. The molecule has 1 aromatic carbocycles. The second-order valence-electron chi connectivity index (χ2n) is 5.48. The first kappa shape index (κ1) is 16.6. The Kier molecular flexibility index (Phi) is 5.07. The molecule has 0 saturated carbocycles. The predicted octanol–water partition coefficient (Wildman–Crippen LogP) is -0.312. The molecule has 8 nitrogen and oxygen atoms in total. The third kappa shape index (κ3) is 4.36. The standard InChI is InChI=1S/C15H19N5O3/c1-8-6-13(22)19-20-14(8)9-2-4-10(5-3-9)18-15(23)11(16)7-12(17)21/h2-5,8,11H,6-7,16H2,1H3,(H2,17,21)(H,18,23)(H,19,22)/t8?,11-/m0/s1. The van der Waals surface area contributed by atoms with Crippen molar-refractivity contribution in [2.75, 3.05) is 5.32 Å². The van der Waals surface area contributed by atoms with Crippen LogP contribution in [-0.4, -0.2) is 29.5 Å². The molecule has 0 bridgehead atoms. The molecule has 1 heterocycles. The topological polar surface area (TPSA) is 140 Å². The van der Waals surface area contributed by atoms with E-state index in [1.54, 1.807) is 24.3 Å². The van der Waals surface area contributed by atoms with Gasteiger partial charge >= 0.3 is 0 Å². The normalized spacial score (nSPS) is 18.6. The Labute approximate surface area is 133 Å². The molecule has 0 aliphatic carbocycles. The number of hydrazone groups is 1. The fourth-order valence-corrected chi connectivity index (χ4v) is 2.27. The minimum Gasteiger partial charge on any atom is -0.370 e. The summed E-state index contributed by atoms with van der Waals surface area (Å²) in [5.74, 6) is -1.19. The zero-order chi connectivity index (χ0) is 17.0. The SMILES string of the molecule is CC1CC(=O)NN=C1c1ccc(NC(=O)[C@@H](N)CC(N)=O)cc1. The molecule has 0 aromatic heterocycles. The Morgan fingerprint density at radius 1 is 1.39 bits per heavy atom. The lowest BCUT2D eigenvalue weighted by atomic mass is 9.94. The summed E-state index contributed by atoms with van der Waals surface area (Å²) in [5, 5.41) is 6.69. The van der Waals surface area contributed by atoms with Crippen LogP contribution in [0.4, 0.5) is 5.69 Å². The van der Waals surface area contributed by atoms with Crippen LogP contribution in [0, 0.1) is 5.92 Å². The third-order valence-electron chi connectivity index (χ3n) is 3.47. The van der Waals surface area contributed by atoms with Gasteiger partial charge in [0.1, 0.15) is 0 Å². The molecule has 1 unspecified atom stereocenters. The van der Waals surface area contributed by atoms with Gasteiger partial charge in [0.15, 0.2) is 0 Å². The van der Waals surface area contributed by atoms with Gasteiger partial charge in [0.2, 0.25) is 17.7 Å². The molecule has 0 radical (unpaired) electrons. The molecular formula is C15H19N5O3. The van der Waals surface area contributed by atoms with Crippen molar-refractivity contribution in [3.05, 3.63) is 29.8 Å². The van der Waals surface area contributed by atoms with Crippen molar-refractivity contribution in [3.8, 4) is 0 Å². The monoisotopic (exact) mass is 317 g/mol. The van der Waals surface area contributed by atoms with E-state index in [1.165, 1.54) is 0 Å². The van der Waals surface area contributed by atoms with E-state index in [2.05, 4.69) is 15.8 Å². The van der Waals surface area contributed by atoms with Gasteiger partial charge in [-0.3, -0.25) is 14.4 Å². The summed E-state index contributed by atoms with van der Waals surface area (Å²) >= 11 is 0. The van der Waals surface area contributed by atoms with Crippen molar-refractivity contribution in [3.63, 3.8) is 0 Å². The fraction of sp³-hybridized carbons (Fsp3) is 0.333. The van der Waals surface area contributed by atoms with E-state index in [0.29, 0.717) is 12.1 Å². The van der Waals surface area contributed by atoms with Gasteiger partial charge in [0, 0.05) is 18.0 Å². The van der Waals surface area contributed by atoms with Crippen molar-refractivity contribution in [1.29, 1.82) is 0 Å². The average molecular weight is 317 g/mol. The Morgan fingerprint density at radius 2 is 2.04 bits per heavy atom. The second-order valence-corrected chi connectivity index (χ2v) is 5.48. The molecular weight excluding hydrogens is 298 g/mol. The van der Waals surface area contributed by atoms with Gasteiger partial charge in [-0.2, -0.15) is 5.10 Å². The number of primary amides is 1. The highest BCUT2D eigenvalue weighted by Gasteiger charge is 2.21. The van der Waals surface area contributed by atoms with Crippen LogP contribution >= 0.6 is 0 Å². The van der Waals surface area contributed by atoms with Crippen LogP contribution in [-0.2, 0) is 14.4 Å². The van der Waals surface area contributed by atoms with E-state index in [4.69, 9.17) is 11.5 Å². The summed E-state index contributed by atoms with van der Waals surface area (Å²) < 4.78 is 0. The highest BCUT2D eigenvalue weighted by molar-refractivity contribution is 6.06. The zero-order valence-electron chi connectivity index (χ0n) is 12.7. The Balaban J connectivity index is 2.04. The van der Waals surface area contributed by atoms with Crippen molar-refractivity contribution in [1.82, 2.24) is 5.43 Å². The van der Waals surface area contributed by atoms with Crippen molar-refractivity contribution >= 4 is 29.1 Å². The smallest absolute Gasteiger partial charge is 0.241 e. The molecule has 0 saturated heterocycles. The number of carbonyl (C=O) groups excluding carboxylic acids is 3. The number of carbonyl (C=O) groups is 3. The number of nitrogens with two attached hydrogens (primary N) is 2. The highest BCUT2D eigenvalue weighted by Crippen LogP contribution is 2.18. The number of hydrogen-bond donors (Lipinski definition) is 4. The highest BCUT2D eigenvalue weighted by atomic mass is 16.2. The van der Waals surface area contributed by atoms with E-state index in [9.17, 15) is 14.4 Å². The molecule has 0 spiro atoms. The molecule has 2 atom stereocenters. The first-order chi connectivity index (χ1) is 10.9. The van der Waals surface area contributed by atoms with E-state index in [1.807, 2.05) is 6.92 Å². The van der Waals surface area contributed by atoms with Gasteiger partial charge in [-0.1, -0.05) is 19.1 Å². The van der Waals surface area contributed by atoms with Crippen LogP contribution in [0.15, 0.2) is 29.4 Å². The summed E-state index contributed by atoms with van der Waals surface area (Å²) in [7, 11) is 0. The summed E-state index contributed by atoms with van der Waals surface area (Å²) in [4.78, 5) is 33.8. The van der Waals surface area contributed by atoms with Crippen LogP contribution in [0.25, 0.3) is 0 Å². The maximum atomic E-state index is 11.8. The Morgan fingerprint density at radius 3 is 2.61 bits per heavy atom. The first-order valence-corrected chi connectivity index (χ1v) is 7.18.